The second kappa shape index (κ2) is 7.79. The fraction of sp³-hybridized carbons (Fsp3) is 0.286. The van der Waals surface area contributed by atoms with Crippen molar-refractivity contribution in [2.75, 3.05) is 5.32 Å². The molecule has 0 fully saturated rings. The molecular formula is C14H12ClF3N4O2S. The van der Waals surface area contributed by atoms with Gasteiger partial charge in [-0.05, 0) is 17.7 Å². The molecule has 0 saturated carbocycles. The molecule has 2 amide bonds. The summed E-state index contributed by atoms with van der Waals surface area (Å²) in [5, 5.41) is 10.2. The van der Waals surface area contributed by atoms with Gasteiger partial charge in [0, 0.05) is 11.9 Å². The van der Waals surface area contributed by atoms with Gasteiger partial charge in [-0.1, -0.05) is 35.1 Å². The molecule has 0 saturated heterocycles. The summed E-state index contributed by atoms with van der Waals surface area (Å²) in [7, 11) is 0. The number of nitrogens with one attached hydrogen (secondary N) is 2. The molecule has 0 aliphatic carbocycles. The van der Waals surface area contributed by atoms with Crippen LogP contribution in [0.2, 0.25) is 5.02 Å². The van der Waals surface area contributed by atoms with Crippen LogP contribution in [0, 0.1) is 0 Å². The summed E-state index contributed by atoms with van der Waals surface area (Å²) in [6, 6.07) is 5.82. The predicted molar refractivity (Wildman–Crippen MR) is 86.2 cm³/mol. The van der Waals surface area contributed by atoms with E-state index in [4.69, 9.17) is 11.6 Å². The smallest absolute Gasteiger partial charge is 0.349 e. The van der Waals surface area contributed by atoms with Crippen molar-refractivity contribution in [2.24, 2.45) is 0 Å². The first-order chi connectivity index (χ1) is 11.6. The van der Waals surface area contributed by atoms with Crippen LogP contribution >= 0.6 is 22.9 Å². The second-order valence-corrected chi connectivity index (χ2v) is 6.38. The number of aromatic nitrogens is 2. The molecule has 1 aromatic carbocycles. The van der Waals surface area contributed by atoms with E-state index < -0.39 is 23.1 Å². The minimum Gasteiger partial charge on any atom is -0.349 e. The summed E-state index contributed by atoms with van der Waals surface area (Å²) in [5.74, 6) is -0.971. The molecule has 1 atom stereocenters. The molecule has 0 spiro atoms. The molecule has 1 heterocycles. The van der Waals surface area contributed by atoms with E-state index in [-0.39, 0.29) is 28.8 Å². The third kappa shape index (κ3) is 5.68. The number of hydrogen-bond acceptors (Lipinski definition) is 5. The summed E-state index contributed by atoms with van der Waals surface area (Å²) in [6.45, 7) is 1.29. The lowest BCUT2D eigenvalue weighted by Crippen LogP contribution is -2.29. The molecule has 2 aromatic rings. The van der Waals surface area contributed by atoms with Gasteiger partial charge < -0.3 is 10.6 Å². The minimum atomic E-state index is -4.62. The zero-order valence-corrected chi connectivity index (χ0v) is 14.3. The molecule has 0 radical (unpaired) electrons. The van der Waals surface area contributed by atoms with Gasteiger partial charge in [0.25, 0.3) is 0 Å². The van der Waals surface area contributed by atoms with Crippen LogP contribution in [-0.2, 0) is 15.8 Å². The quantitative estimate of drug-likeness (QED) is 0.816. The van der Waals surface area contributed by atoms with Crippen molar-refractivity contribution in [3.05, 3.63) is 39.9 Å². The Labute approximate surface area is 149 Å². The highest BCUT2D eigenvalue weighted by atomic mass is 35.5. The van der Waals surface area contributed by atoms with Crippen LogP contribution in [0.15, 0.2) is 24.3 Å². The van der Waals surface area contributed by atoms with E-state index in [1.54, 1.807) is 24.3 Å². The average molecular weight is 393 g/mol. The van der Waals surface area contributed by atoms with E-state index in [9.17, 15) is 22.8 Å². The minimum absolute atomic E-state index is 0.192. The van der Waals surface area contributed by atoms with Crippen molar-refractivity contribution >= 4 is 39.9 Å². The second-order valence-electron chi connectivity index (χ2n) is 4.97. The summed E-state index contributed by atoms with van der Waals surface area (Å²) in [5.41, 5.74) is 0.628. The van der Waals surface area contributed by atoms with Crippen molar-refractivity contribution in [3.8, 4) is 0 Å². The third-order valence-electron chi connectivity index (χ3n) is 2.95. The van der Waals surface area contributed by atoms with Crippen LogP contribution in [0.3, 0.4) is 0 Å². The Balaban J connectivity index is 2.07. The van der Waals surface area contributed by atoms with E-state index in [2.05, 4.69) is 20.8 Å². The molecule has 11 heteroatoms. The number of benzene rings is 1. The third-order valence-corrected chi connectivity index (χ3v) is 4.09. The highest BCUT2D eigenvalue weighted by Crippen LogP contribution is 2.33. The van der Waals surface area contributed by atoms with Crippen molar-refractivity contribution < 1.29 is 22.8 Å². The van der Waals surface area contributed by atoms with Gasteiger partial charge in [0.1, 0.15) is 0 Å². The first-order valence-electron chi connectivity index (χ1n) is 6.88. The van der Waals surface area contributed by atoms with Gasteiger partial charge in [0.2, 0.25) is 22.0 Å². The lowest BCUT2D eigenvalue weighted by Gasteiger charge is -2.17. The fourth-order valence-corrected chi connectivity index (χ4v) is 2.69. The molecule has 134 valence electrons. The first kappa shape index (κ1) is 19.1. The number of rotatable bonds is 5. The Morgan fingerprint density at radius 2 is 1.88 bits per heavy atom. The van der Waals surface area contributed by atoms with Crippen molar-refractivity contribution in [3.63, 3.8) is 0 Å². The average Bonchev–Trinajstić information content (AvgIpc) is 2.95. The molecule has 0 bridgehead atoms. The van der Waals surface area contributed by atoms with E-state index in [0.29, 0.717) is 10.6 Å². The Morgan fingerprint density at radius 3 is 2.40 bits per heavy atom. The Bertz CT molecular complexity index is 764. The fourth-order valence-electron chi connectivity index (χ4n) is 1.94. The molecule has 1 aromatic heterocycles. The predicted octanol–water partition coefficient (Wildman–Crippen LogP) is 3.42. The van der Waals surface area contributed by atoms with E-state index in [1.165, 1.54) is 6.92 Å². The Kier molecular flexibility index (Phi) is 5.96. The van der Waals surface area contributed by atoms with Crippen LogP contribution in [0.5, 0.6) is 0 Å². The molecule has 0 aliphatic heterocycles. The molecule has 2 rings (SSSR count). The number of carbonyl (C=O) groups excluding carboxylic acids is 2. The summed E-state index contributed by atoms with van der Waals surface area (Å²) < 4.78 is 37.4. The maximum atomic E-state index is 12.5. The van der Waals surface area contributed by atoms with Gasteiger partial charge in [-0.2, -0.15) is 13.2 Å². The van der Waals surface area contributed by atoms with Crippen LogP contribution in [0.25, 0.3) is 0 Å². The topological polar surface area (TPSA) is 84.0 Å². The normalized spacial score (nSPS) is 12.5. The molecule has 6 nitrogen and oxygen atoms in total. The number of alkyl halides is 3. The maximum Gasteiger partial charge on any atom is 0.445 e. The van der Waals surface area contributed by atoms with E-state index >= 15 is 0 Å². The number of amides is 2. The van der Waals surface area contributed by atoms with Gasteiger partial charge in [-0.25, -0.2) is 0 Å². The number of halogens is 4. The van der Waals surface area contributed by atoms with Crippen LogP contribution in [0.4, 0.5) is 18.3 Å². The van der Waals surface area contributed by atoms with Crippen molar-refractivity contribution in [2.45, 2.75) is 25.6 Å². The monoisotopic (exact) mass is 392 g/mol. The summed E-state index contributed by atoms with van der Waals surface area (Å²) in [6.07, 6.45) is -4.81. The van der Waals surface area contributed by atoms with Crippen LogP contribution < -0.4 is 10.6 Å². The number of anilines is 1. The highest BCUT2D eigenvalue weighted by molar-refractivity contribution is 7.15. The molecule has 0 aliphatic rings. The van der Waals surface area contributed by atoms with Gasteiger partial charge in [-0.15, -0.1) is 10.2 Å². The largest absolute Gasteiger partial charge is 0.445 e. The molecule has 0 unspecified atom stereocenters. The van der Waals surface area contributed by atoms with Crippen molar-refractivity contribution in [1.82, 2.24) is 15.5 Å². The lowest BCUT2D eigenvalue weighted by atomic mass is 10.0. The van der Waals surface area contributed by atoms with Crippen LogP contribution in [0.1, 0.15) is 30.0 Å². The molecular weight excluding hydrogens is 381 g/mol. The van der Waals surface area contributed by atoms with E-state index in [1.807, 2.05) is 0 Å². The Morgan fingerprint density at radius 1 is 1.24 bits per heavy atom. The number of hydrogen-bond donors (Lipinski definition) is 2. The van der Waals surface area contributed by atoms with Crippen LogP contribution in [-0.4, -0.2) is 22.0 Å². The highest BCUT2D eigenvalue weighted by Gasteiger charge is 2.35. The van der Waals surface area contributed by atoms with Gasteiger partial charge in [-0.3, -0.25) is 9.59 Å². The van der Waals surface area contributed by atoms with Gasteiger partial charge in [0.15, 0.2) is 0 Å². The van der Waals surface area contributed by atoms with Gasteiger partial charge in [0.05, 0.1) is 12.5 Å². The zero-order chi connectivity index (χ0) is 18.6. The first-order valence-corrected chi connectivity index (χ1v) is 8.07. The SMILES string of the molecule is CC(=O)N[C@H](CC(=O)Nc1nnc(C(F)(F)F)s1)c1ccc(Cl)cc1. The molecule has 25 heavy (non-hydrogen) atoms. The van der Waals surface area contributed by atoms with E-state index in [0.717, 1.165) is 0 Å². The Hall–Kier alpha value is -2.20. The number of nitrogens with zero attached hydrogens (tertiary/aromatic N) is 2. The lowest BCUT2D eigenvalue weighted by molar-refractivity contribution is -0.138. The summed E-state index contributed by atoms with van der Waals surface area (Å²) >= 11 is 6.02. The molecule has 2 N–H and O–H groups in total. The van der Waals surface area contributed by atoms with Gasteiger partial charge >= 0.3 is 6.18 Å². The van der Waals surface area contributed by atoms with Crippen molar-refractivity contribution in [1.29, 1.82) is 0 Å². The number of carbonyl (C=O) groups is 2. The standard InChI is InChI=1S/C14H12ClF3N4O2S/c1-7(23)19-10(8-2-4-9(15)5-3-8)6-11(24)20-13-22-21-12(25-13)14(16,17)18/h2-5,10H,6H2,1H3,(H,19,23)(H,20,22,24)/t10-/m1/s1. The summed E-state index contributed by atoms with van der Waals surface area (Å²) in [4.78, 5) is 23.4. The maximum absolute atomic E-state index is 12.5. The zero-order valence-electron chi connectivity index (χ0n) is 12.7.